The number of aliphatic hydroxyl groups is 1. The summed E-state index contributed by atoms with van der Waals surface area (Å²) < 4.78 is 5.80. The summed E-state index contributed by atoms with van der Waals surface area (Å²) in [5.41, 5.74) is 1.81. The zero-order valence-corrected chi connectivity index (χ0v) is 14.2. The average molecular weight is 340 g/mol. The second kappa shape index (κ2) is 8.53. The monoisotopic (exact) mass is 340 g/mol. The van der Waals surface area contributed by atoms with Crippen LogP contribution in [-0.2, 0) is 6.61 Å². The van der Waals surface area contributed by atoms with Gasteiger partial charge in [0.05, 0.1) is 0 Å². The molecule has 132 valence electrons. The first-order valence-electron chi connectivity index (χ1n) is 8.68. The number of aliphatic hydroxyl groups excluding tert-OH is 1. The van der Waals surface area contributed by atoms with Gasteiger partial charge in [0, 0.05) is 31.5 Å². The number of anilines is 1. The van der Waals surface area contributed by atoms with Crippen molar-refractivity contribution in [1.29, 1.82) is 0 Å². The molecule has 2 N–H and O–H groups in total. The van der Waals surface area contributed by atoms with Crippen molar-refractivity contribution in [1.82, 2.24) is 4.90 Å². The molecule has 1 fully saturated rings. The molecule has 0 unspecified atom stereocenters. The molecule has 1 aliphatic heterocycles. The zero-order chi connectivity index (χ0) is 17.5. The maximum atomic E-state index is 12.4. The third kappa shape index (κ3) is 4.97. The summed E-state index contributed by atoms with van der Waals surface area (Å²) in [6.45, 7) is 1.95. The lowest BCUT2D eigenvalue weighted by molar-refractivity contribution is 0.136. The van der Waals surface area contributed by atoms with Crippen LogP contribution in [0.4, 0.5) is 10.5 Å². The van der Waals surface area contributed by atoms with Gasteiger partial charge >= 0.3 is 6.03 Å². The van der Waals surface area contributed by atoms with Crippen LogP contribution in [0, 0.1) is 5.92 Å². The third-order valence-corrected chi connectivity index (χ3v) is 4.40. The van der Waals surface area contributed by atoms with Gasteiger partial charge in [0.1, 0.15) is 12.4 Å². The molecule has 5 nitrogen and oxygen atoms in total. The molecule has 1 aliphatic rings. The molecule has 1 heterocycles. The van der Waals surface area contributed by atoms with E-state index < -0.39 is 0 Å². The Morgan fingerprint density at radius 1 is 1.20 bits per heavy atom. The van der Waals surface area contributed by atoms with Gasteiger partial charge in [0.15, 0.2) is 0 Å². The number of piperidine rings is 1. The van der Waals surface area contributed by atoms with Gasteiger partial charge < -0.3 is 20.1 Å². The van der Waals surface area contributed by atoms with Crippen LogP contribution in [0.25, 0.3) is 0 Å². The molecule has 0 spiro atoms. The van der Waals surface area contributed by atoms with Gasteiger partial charge in [-0.25, -0.2) is 4.79 Å². The molecule has 3 rings (SSSR count). The van der Waals surface area contributed by atoms with E-state index in [9.17, 15) is 9.90 Å². The average Bonchev–Trinajstić information content (AvgIpc) is 2.67. The normalized spacial score (nSPS) is 17.2. The molecular formula is C20H24N2O3. The largest absolute Gasteiger partial charge is 0.489 e. The molecule has 0 radical (unpaired) electrons. The highest BCUT2D eigenvalue weighted by molar-refractivity contribution is 5.89. The van der Waals surface area contributed by atoms with Gasteiger partial charge in [0.25, 0.3) is 0 Å². The van der Waals surface area contributed by atoms with Gasteiger partial charge in [-0.15, -0.1) is 0 Å². The van der Waals surface area contributed by atoms with E-state index in [-0.39, 0.29) is 18.6 Å². The molecule has 0 aliphatic carbocycles. The number of amides is 2. The van der Waals surface area contributed by atoms with E-state index in [2.05, 4.69) is 5.32 Å². The smallest absolute Gasteiger partial charge is 0.321 e. The van der Waals surface area contributed by atoms with Crippen LogP contribution in [0.2, 0.25) is 0 Å². The molecule has 0 aromatic heterocycles. The van der Waals surface area contributed by atoms with E-state index >= 15 is 0 Å². The van der Waals surface area contributed by atoms with Crippen LogP contribution in [0.1, 0.15) is 18.4 Å². The van der Waals surface area contributed by atoms with Crippen molar-refractivity contribution in [2.75, 3.05) is 25.0 Å². The number of hydrogen-bond donors (Lipinski definition) is 2. The predicted octanol–water partition coefficient (Wildman–Crippen LogP) is 3.50. The van der Waals surface area contributed by atoms with Crippen LogP contribution in [0.15, 0.2) is 54.6 Å². The number of rotatable bonds is 5. The molecule has 2 aromatic rings. The highest BCUT2D eigenvalue weighted by Gasteiger charge is 2.23. The maximum Gasteiger partial charge on any atom is 0.321 e. The van der Waals surface area contributed by atoms with E-state index in [1.54, 1.807) is 4.90 Å². The van der Waals surface area contributed by atoms with Crippen molar-refractivity contribution < 1.29 is 14.6 Å². The Hall–Kier alpha value is -2.53. The van der Waals surface area contributed by atoms with Crippen LogP contribution in [-0.4, -0.2) is 35.7 Å². The third-order valence-electron chi connectivity index (χ3n) is 4.40. The van der Waals surface area contributed by atoms with E-state index in [4.69, 9.17) is 4.74 Å². The van der Waals surface area contributed by atoms with E-state index in [0.717, 1.165) is 24.9 Å². The Balaban J connectivity index is 1.56. The number of nitrogens with zero attached hydrogens (tertiary/aromatic N) is 1. The molecule has 1 saturated heterocycles. The second-order valence-electron chi connectivity index (χ2n) is 6.37. The molecule has 2 aromatic carbocycles. The first kappa shape index (κ1) is 17.3. The Kier molecular flexibility index (Phi) is 5.90. The number of nitrogens with one attached hydrogen (secondary N) is 1. The summed E-state index contributed by atoms with van der Waals surface area (Å²) in [5.74, 6) is 0.897. The summed E-state index contributed by atoms with van der Waals surface area (Å²) in [7, 11) is 0. The minimum atomic E-state index is -0.127. The number of benzene rings is 2. The van der Waals surface area contributed by atoms with Crippen LogP contribution in [0.3, 0.4) is 0 Å². The molecular weight excluding hydrogens is 316 g/mol. The van der Waals surface area contributed by atoms with Gasteiger partial charge in [-0.2, -0.15) is 0 Å². The highest BCUT2D eigenvalue weighted by atomic mass is 16.5. The molecule has 0 saturated carbocycles. The standard InChI is InChI=1S/C20H24N2O3/c23-14-17-8-5-11-22(13-17)20(24)21-18-9-4-10-19(12-18)25-15-16-6-2-1-3-7-16/h1-4,6-7,9-10,12,17,23H,5,8,11,13-15H2,(H,21,24)/t17-/m1/s1. The second-order valence-corrected chi connectivity index (χ2v) is 6.37. The number of carbonyl (C=O) groups is 1. The predicted molar refractivity (Wildman–Crippen MR) is 97.6 cm³/mol. The van der Waals surface area contributed by atoms with Crippen molar-refractivity contribution in [2.45, 2.75) is 19.4 Å². The van der Waals surface area contributed by atoms with Crippen molar-refractivity contribution in [3.8, 4) is 5.75 Å². The SMILES string of the molecule is O=C(Nc1cccc(OCc2ccccc2)c1)N1CCC[C@@H](CO)C1. The molecule has 5 heteroatoms. The first-order chi connectivity index (χ1) is 12.2. The summed E-state index contributed by atoms with van der Waals surface area (Å²) >= 11 is 0. The summed E-state index contributed by atoms with van der Waals surface area (Å²) in [6.07, 6.45) is 1.90. The fourth-order valence-electron chi connectivity index (χ4n) is 3.01. The fourth-order valence-corrected chi connectivity index (χ4v) is 3.01. The minimum absolute atomic E-state index is 0.127. The number of carbonyl (C=O) groups excluding carboxylic acids is 1. The van der Waals surface area contributed by atoms with Gasteiger partial charge in [0.2, 0.25) is 0 Å². The first-order valence-corrected chi connectivity index (χ1v) is 8.68. The van der Waals surface area contributed by atoms with Crippen molar-refractivity contribution in [3.05, 3.63) is 60.2 Å². The number of hydrogen-bond acceptors (Lipinski definition) is 3. The molecule has 25 heavy (non-hydrogen) atoms. The van der Waals surface area contributed by atoms with Gasteiger partial charge in [-0.1, -0.05) is 36.4 Å². The lowest BCUT2D eigenvalue weighted by atomic mass is 9.99. The number of likely N-dealkylation sites (tertiary alicyclic amines) is 1. The lowest BCUT2D eigenvalue weighted by Crippen LogP contribution is -2.43. The van der Waals surface area contributed by atoms with Crippen LogP contribution < -0.4 is 10.1 Å². The van der Waals surface area contributed by atoms with E-state index in [1.165, 1.54) is 0 Å². The highest BCUT2D eigenvalue weighted by Crippen LogP contribution is 2.21. The van der Waals surface area contributed by atoms with Crippen molar-refractivity contribution in [2.24, 2.45) is 5.92 Å². The summed E-state index contributed by atoms with van der Waals surface area (Å²) in [4.78, 5) is 14.2. The van der Waals surface area contributed by atoms with Gasteiger partial charge in [-0.05, 0) is 36.5 Å². The van der Waals surface area contributed by atoms with Crippen LogP contribution in [0.5, 0.6) is 5.75 Å². The maximum absolute atomic E-state index is 12.4. The Bertz CT molecular complexity index is 690. The number of ether oxygens (including phenoxy) is 1. The van der Waals surface area contributed by atoms with Crippen molar-refractivity contribution >= 4 is 11.7 Å². The summed E-state index contributed by atoms with van der Waals surface area (Å²) in [6, 6.07) is 17.2. The Morgan fingerprint density at radius 3 is 2.84 bits per heavy atom. The Morgan fingerprint density at radius 2 is 2.04 bits per heavy atom. The van der Waals surface area contributed by atoms with E-state index in [0.29, 0.717) is 24.6 Å². The molecule has 1 atom stereocenters. The summed E-state index contributed by atoms with van der Waals surface area (Å²) in [5, 5.41) is 12.2. The topological polar surface area (TPSA) is 61.8 Å². The van der Waals surface area contributed by atoms with Crippen LogP contribution >= 0.6 is 0 Å². The molecule has 2 amide bonds. The van der Waals surface area contributed by atoms with Crippen molar-refractivity contribution in [3.63, 3.8) is 0 Å². The molecule has 0 bridgehead atoms. The zero-order valence-electron chi connectivity index (χ0n) is 14.2. The Labute approximate surface area is 148 Å². The fraction of sp³-hybridized carbons (Fsp3) is 0.350. The van der Waals surface area contributed by atoms with E-state index in [1.807, 2.05) is 54.6 Å². The quantitative estimate of drug-likeness (QED) is 0.876. The lowest BCUT2D eigenvalue weighted by Gasteiger charge is -2.31. The number of urea groups is 1. The minimum Gasteiger partial charge on any atom is -0.489 e. The van der Waals surface area contributed by atoms with Gasteiger partial charge in [-0.3, -0.25) is 0 Å².